The third kappa shape index (κ3) is 4.08. The summed E-state index contributed by atoms with van der Waals surface area (Å²) in [5.74, 6) is 0.896. The van der Waals surface area contributed by atoms with Gasteiger partial charge in [-0.15, -0.1) is 0 Å². The number of hydrogen-bond donors (Lipinski definition) is 0. The molecule has 2 rings (SSSR count). The van der Waals surface area contributed by atoms with Gasteiger partial charge in [0.05, 0.1) is 11.0 Å². The van der Waals surface area contributed by atoms with Crippen LogP contribution in [0.5, 0.6) is 17.2 Å². The normalized spacial score (nSPS) is 10.2. The summed E-state index contributed by atoms with van der Waals surface area (Å²) in [5.41, 5.74) is -0.196. The van der Waals surface area contributed by atoms with Crippen molar-refractivity contribution in [3.63, 3.8) is 0 Å². The van der Waals surface area contributed by atoms with Gasteiger partial charge in [-0.25, -0.2) is 0 Å². The van der Waals surface area contributed by atoms with Crippen molar-refractivity contribution in [2.75, 3.05) is 13.9 Å². The predicted octanol–water partition coefficient (Wildman–Crippen LogP) is 4.02. The lowest BCUT2D eigenvalue weighted by Crippen LogP contribution is -2.00. The van der Waals surface area contributed by atoms with Crippen LogP contribution in [0.3, 0.4) is 0 Å². The van der Waals surface area contributed by atoms with E-state index in [0.29, 0.717) is 16.5 Å². The fourth-order valence-corrected chi connectivity index (χ4v) is 1.70. The largest absolute Gasteiger partial charge is 0.467 e. The first-order valence-corrected chi connectivity index (χ1v) is 6.31. The van der Waals surface area contributed by atoms with Crippen LogP contribution in [0, 0.1) is 10.1 Å². The van der Waals surface area contributed by atoms with Gasteiger partial charge in [0.1, 0.15) is 11.5 Å². The number of nitro groups is 1. The Labute approximate surface area is 126 Å². The van der Waals surface area contributed by atoms with E-state index in [1.54, 1.807) is 30.3 Å². The van der Waals surface area contributed by atoms with Crippen LogP contribution in [0.25, 0.3) is 0 Å². The molecule has 0 saturated heterocycles. The highest BCUT2D eigenvalue weighted by Gasteiger charge is 2.17. The molecule has 0 aliphatic carbocycles. The average Bonchev–Trinajstić information content (AvgIpc) is 2.48. The molecule has 0 radical (unpaired) electrons. The Morgan fingerprint density at radius 2 is 1.81 bits per heavy atom. The van der Waals surface area contributed by atoms with E-state index in [1.807, 2.05) is 0 Å². The Kier molecular flexibility index (Phi) is 4.97. The summed E-state index contributed by atoms with van der Waals surface area (Å²) in [6.07, 6.45) is 0. The second kappa shape index (κ2) is 6.92. The van der Waals surface area contributed by atoms with Crippen LogP contribution in [0.4, 0.5) is 5.69 Å². The Morgan fingerprint density at radius 1 is 1.14 bits per heavy atom. The van der Waals surface area contributed by atoms with Crippen LogP contribution in [-0.2, 0) is 4.74 Å². The molecule has 0 aromatic heterocycles. The molecular weight excluding hydrogens is 298 g/mol. The number of methoxy groups -OCH3 is 1. The average molecular weight is 310 g/mol. The Morgan fingerprint density at radius 3 is 2.43 bits per heavy atom. The zero-order valence-corrected chi connectivity index (χ0v) is 11.9. The summed E-state index contributed by atoms with van der Waals surface area (Å²) in [6, 6.07) is 10.8. The topological polar surface area (TPSA) is 70.8 Å². The summed E-state index contributed by atoms with van der Waals surface area (Å²) in [4.78, 5) is 10.6. The van der Waals surface area contributed by atoms with E-state index >= 15 is 0 Å². The molecule has 110 valence electrons. The van der Waals surface area contributed by atoms with Crippen molar-refractivity contribution < 1.29 is 19.1 Å². The number of hydrogen-bond acceptors (Lipinski definition) is 5. The maximum absolute atomic E-state index is 11.1. The van der Waals surface area contributed by atoms with Crippen molar-refractivity contribution in [1.29, 1.82) is 0 Å². The van der Waals surface area contributed by atoms with Gasteiger partial charge < -0.3 is 14.2 Å². The van der Waals surface area contributed by atoms with Gasteiger partial charge >= 0.3 is 5.69 Å². The number of halogens is 1. The number of nitro benzene ring substituents is 1. The van der Waals surface area contributed by atoms with Crippen LogP contribution >= 0.6 is 11.6 Å². The maximum Gasteiger partial charge on any atom is 0.315 e. The lowest BCUT2D eigenvalue weighted by atomic mass is 10.2. The molecule has 0 atom stereocenters. The van der Waals surface area contributed by atoms with E-state index in [4.69, 9.17) is 25.8 Å². The third-order valence-corrected chi connectivity index (χ3v) is 2.76. The summed E-state index contributed by atoms with van der Waals surface area (Å²) in [6.45, 7) is 0.00847. The molecular formula is C14H12ClNO5. The summed E-state index contributed by atoms with van der Waals surface area (Å²) >= 11 is 5.77. The van der Waals surface area contributed by atoms with E-state index in [1.165, 1.54) is 19.2 Å². The fourth-order valence-electron chi connectivity index (χ4n) is 1.57. The molecule has 7 heteroatoms. The molecule has 6 nitrogen and oxygen atoms in total. The SMILES string of the molecule is COCOc1ccc(Oc2ccc(Cl)cc2)c([N+](=O)[O-])c1. The van der Waals surface area contributed by atoms with E-state index in [0.717, 1.165) is 0 Å². The minimum Gasteiger partial charge on any atom is -0.467 e. The lowest BCUT2D eigenvalue weighted by molar-refractivity contribution is -0.385. The quantitative estimate of drug-likeness (QED) is 0.458. The molecule has 0 amide bonds. The third-order valence-electron chi connectivity index (χ3n) is 2.51. The maximum atomic E-state index is 11.1. The van der Waals surface area contributed by atoms with Crippen molar-refractivity contribution in [3.8, 4) is 17.2 Å². The van der Waals surface area contributed by atoms with Crippen LogP contribution in [0.1, 0.15) is 0 Å². The molecule has 0 bridgehead atoms. The van der Waals surface area contributed by atoms with Crippen LogP contribution < -0.4 is 9.47 Å². The first kappa shape index (κ1) is 15.1. The zero-order valence-electron chi connectivity index (χ0n) is 11.1. The fraction of sp³-hybridized carbons (Fsp3) is 0.143. The zero-order chi connectivity index (χ0) is 15.2. The highest BCUT2D eigenvalue weighted by molar-refractivity contribution is 6.30. The molecule has 0 fully saturated rings. The highest BCUT2D eigenvalue weighted by atomic mass is 35.5. The molecule has 2 aromatic carbocycles. The highest BCUT2D eigenvalue weighted by Crippen LogP contribution is 2.34. The lowest BCUT2D eigenvalue weighted by Gasteiger charge is -2.09. The molecule has 2 aromatic rings. The van der Waals surface area contributed by atoms with E-state index in [2.05, 4.69) is 0 Å². The Bertz CT molecular complexity index is 630. The smallest absolute Gasteiger partial charge is 0.315 e. The molecule has 0 aliphatic heterocycles. The Balaban J connectivity index is 2.25. The first-order valence-electron chi connectivity index (χ1n) is 5.94. The minimum absolute atomic E-state index is 0.00847. The van der Waals surface area contributed by atoms with Gasteiger partial charge in [-0.1, -0.05) is 11.6 Å². The van der Waals surface area contributed by atoms with Crippen molar-refractivity contribution in [2.45, 2.75) is 0 Å². The van der Waals surface area contributed by atoms with Crippen molar-refractivity contribution in [3.05, 3.63) is 57.6 Å². The molecule has 21 heavy (non-hydrogen) atoms. The number of ether oxygens (including phenoxy) is 3. The van der Waals surface area contributed by atoms with Crippen LogP contribution in [0.2, 0.25) is 5.02 Å². The molecule has 0 saturated carbocycles. The van der Waals surface area contributed by atoms with E-state index in [9.17, 15) is 10.1 Å². The molecule has 0 unspecified atom stereocenters. The van der Waals surface area contributed by atoms with E-state index in [-0.39, 0.29) is 18.2 Å². The van der Waals surface area contributed by atoms with Gasteiger partial charge in [0.2, 0.25) is 5.75 Å². The summed E-state index contributed by atoms with van der Waals surface area (Å²) in [7, 11) is 1.46. The van der Waals surface area contributed by atoms with Gasteiger partial charge in [-0.2, -0.15) is 0 Å². The standard InChI is InChI=1S/C14H12ClNO5/c1-19-9-20-12-6-7-14(13(8-12)16(17)18)21-11-4-2-10(15)3-5-11/h2-8H,9H2,1H3. The second-order valence-electron chi connectivity index (χ2n) is 3.99. The van der Waals surface area contributed by atoms with Gasteiger partial charge in [-0.3, -0.25) is 10.1 Å². The predicted molar refractivity (Wildman–Crippen MR) is 77.1 cm³/mol. The van der Waals surface area contributed by atoms with Gasteiger partial charge in [-0.05, 0) is 36.4 Å². The van der Waals surface area contributed by atoms with Gasteiger partial charge in [0.15, 0.2) is 6.79 Å². The molecule has 0 heterocycles. The summed E-state index contributed by atoms with van der Waals surface area (Å²) < 4.78 is 15.4. The van der Waals surface area contributed by atoms with Crippen LogP contribution in [0.15, 0.2) is 42.5 Å². The van der Waals surface area contributed by atoms with Crippen LogP contribution in [-0.4, -0.2) is 18.8 Å². The Hall–Kier alpha value is -2.31. The van der Waals surface area contributed by atoms with Crippen molar-refractivity contribution in [2.24, 2.45) is 0 Å². The minimum atomic E-state index is -0.537. The molecule has 0 N–H and O–H groups in total. The van der Waals surface area contributed by atoms with E-state index < -0.39 is 4.92 Å². The van der Waals surface area contributed by atoms with Gasteiger partial charge in [0.25, 0.3) is 0 Å². The number of benzene rings is 2. The first-order chi connectivity index (χ1) is 10.1. The second-order valence-corrected chi connectivity index (χ2v) is 4.43. The number of nitrogens with zero attached hydrogens (tertiary/aromatic N) is 1. The monoisotopic (exact) mass is 309 g/mol. The summed E-state index contributed by atoms with van der Waals surface area (Å²) in [5, 5.41) is 11.7. The number of rotatable bonds is 6. The van der Waals surface area contributed by atoms with Gasteiger partial charge in [0, 0.05) is 12.1 Å². The molecule has 0 spiro atoms. The van der Waals surface area contributed by atoms with Crippen molar-refractivity contribution >= 4 is 17.3 Å². The van der Waals surface area contributed by atoms with Crippen molar-refractivity contribution in [1.82, 2.24) is 0 Å². The molecule has 0 aliphatic rings.